The first-order chi connectivity index (χ1) is 8.08. The summed E-state index contributed by atoms with van der Waals surface area (Å²) >= 11 is 0. The number of nitrogens with one attached hydrogen (secondary N) is 1. The number of esters is 1. The van der Waals surface area contributed by atoms with Crippen LogP contribution in [0.15, 0.2) is 12.1 Å². The molecule has 17 heavy (non-hydrogen) atoms. The highest BCUT2D eigenvalue weighted by Crippen LogP contribution is 2.24. The molecule has 0 amide bonds. The Labute approximate surface area is 102 Å². The largest absolute Gasteiger partial charge is 0.481 e. The van der Waals surface area contributed by atoms with E-state index in [4.69, 9.17) is 4.74 Å². The van der Waals surface area contributed by atoms with Gasteiger partial charge in [-0.15, -0.1) is 0 Å². The quantitative estimate of drug-likeness (QED) is 0.790. The van der Waals surface area contributed by atoms with Gasteiger partial charge in [-0.25, -0.2) is 4.79 Å². The molecular formula is C13H19NO3. The van der Waals surface area contributed by atoms with Gasteiger partial charge in [0, 0.05) is 6.54 Å². The summed E-state index contributed by atoms with van der Waals surface area (Å²) < 4.78 is 10.00. The van der Waals surface area contributed by atoms with Crippen LogP contribution in [0.3, 0.4) is 0 Å². The van der Waals surface area contributed by atoms with Gasteiger partial charge in [0.2, 0.25) is 0 Å². The van der Waals surface area contributed by atoms with E-state index >= 15 is 0 Å². The van der Waals surface area contributed by atoms with Gasteiger partial charge in [-0.2, -0.15) is 0 Å². The van der Waals surface area contributed by atoms with E-state index in [0.29, 0.717) is 0 Å². The second kappa shape index (κ2) is 6.25. The van der Waals surface area contributed by atoms with Crippen molar-refractivity contribution in [2.75, 3.05) is 20.8 Å². The van der Waals surface area contributed by atoms with Crippen LogP contribution in [0.1, 0.15) is 16.7 Å². The average Bonchev–Trinajstić information content (AvgIpc) is 2.28. The van der Waals surface area contributed by atoms with Crippen LogP contribution < -0.4 is 10.1 Å². The van der Waals surface area contributed by atoms with Gasteiger partial charge in [0.15, 0.2) is 6.61 Å². The molecule has 0 radical (unpaired) electrons. The van der Waals surface area contributed by atoms with Crippen LogP contribution in [-0.2, 0) is 16.1 Å². The number of hydrogen-bond donors (Lipinski definition) is 1. The van der Waals surface area contributed by atoms with E-state index in [1.807, 2.05) is 20.9 Å². The number of methoxy groups -OCH3 is 1. The van der Waals surface area contributed by atoms with E-state index in [1.54, 1.807) is 0 Å². The minimum absolute atomic E-state index is 0.0520. The van der Waals surface area contributed by atoms with Gasteiger partial charge < -0.3 is 14.8 Å². The molecule has 1 aromatic rings. The SMILES string of the molecule is CNCc1cc(C)c(OCC(=O)OC)c(C)c1. The van der Waals surface area contributed by atoms with Gasteiger partial charge in [0.05, 0.1) is 7.11 Å². The number of hydrogen-bond acceptors (Lipinski definition) is 4. The maximum Gasteiger partial charge on any atom is 0.343 e. The van der Waals surface area contributed by atoms with Crippen molar-refractivity contribution >= 4 is 5.97 Å². The molecule has 0 atom stereocenters. The van der Waals surface area contributed by atoms with Crippen LogP contribution in [0.25, 0.3) is 0 Å². The first kappa shape index (κ1) is 13.5. The third-order valence-electron chi connectivity index (χ3n) is 2.46. The zero-order valence-electron chi connectivity index (χ0n) is 10.8. The predicted octanol–water partition coefficient (Wildman–Crippen LogP) is 1.57. The maximum atomic E-state index is 11.0. The summed E-state index contributed by atoms with van der Waals surface area (Å²) in [6.07, 6.45) is 0. The zero-order valence-corrected chi connectivity index (χ0v) is 10.8. The second-order valence-corrected chi connectivity index (χ2v) is 3.95. The Bertz CT molecular complexity index is 379. The lowest BCUT2D eigenvalue weighted by atomic mass is 10.1. The molecule has 94 valence electrons. The van der Waals surface area contributed by atoms with E-state index in [9.17, 15) is 4.79 Å². The average molecular weight is 237 g/mol. The maximum absolute atomic E-state index is 11.0. The summed E-state index contributed by atoms with van der Waals surface area (Å²) in [5, 5.41) is 3.10. The number of carbonyl (C=O) groups is 1. The van der Waals surface area contributed by atoms with Gasteiger partial charge in [-0.1, -0.05) is 12.1 Å². The fourth-order valence-electron chi connectivity index (χ4n) is 1.76. The molecule has 4 heteroatoms. The summed E-state index contributed by atoms with van der Waals surface area (Å²) in [7, 11) is 3.26. The first-order valence-corrected chi connectivity index (χ1v) is 5.52. The van der Waals surface area contributed by atoms with Gasteiger partial charge in [0.25, 0.3) is 0 Å². The van der Waals surface area contributed by atoms with Gasteiger partial charge in [0.1, 0.15) is 5.75 Å². The van der Waals surface area contributed by atoms with Crippen LogP contribution >= 0.6 is 0 Å². The molecule has 0 heterocycles. The zero-order chi connectivity index (χ0) is 12.8. The monoisotopic (exact) mass is 237 g/mol. The van der Waals surface area contributed by atoms with Crippen LogP contribution in [0, 0.1) is 13.8 Å². The fourth-order valence-corrected chi connectivity index (χ4v) is 1.76. The molecule has 0 aromatic heterocycles. The summed E-state index contributed by atoms with van der Waals surface area (Å²) in [5.74, 6) is 0.387. The standard InChI is InChI=1S/C13H19NO3/c1-9-5-11(7-14-3)6-10(2)13(9)17-8-12(15)16-4/h5-6,14H,7-8H2,1-4H3. The van der Waals surface area contributed by atoms with Crippen LogP contribution in [0.4, 0.5) is 0 Å². The van der Waals surface area contributed by atoms with Crippen molar-refractivity contribution in [2.45, 2.75) is 20.4 Å². The van der Waals surface area contributed by atoms with E-state index in [-0.39, 0.29) is 12.6 Å². The second-order valence-electron chi connectivity index (χ2n) is 3.95. The molecule has 0 aliphatic heterocycles. The van der Waals surface area contributed by atoms with Crippen molar-refractivity contribution in [2.24, 2.45) is 0 Å². The number of aryl methyl sites for hydroxylation is 2. The molecule has 0 saturated heterocycles. The lowest BCUT2D eigenvalue weighted by Crippen LogP contribution is -2.14. The highest BCUT2D eigenvalue weighted by molar-refractivity contribution is 5.71. The smallest absolute Gasteiger partial charge is 0.343 e. The predicted molar refractivity (Wildman–Crippen MR) is 66.2 cm³/mol. The third kappa shape index (κ3) is 3.75. The van der Waals surface area contributed by atoms with E-state index < -0.39 is 0 Å². The summed E-state index contributed by atoms with van der Waals surface area (Å²) in [6.45, 7) is 4.71. The first-order valence-electron chi connectivity index (χ1n) is 5.52. The molecule has 0 unspecified atom stereocenters. The molecule has 1 aromatic carbocycles. The lowest BCUT2D eigenvalue weighted by molar-refractivity contribution is -0.142. The van der Waals surface area contributed by atoms with E-state index in [2.05, 4.69) is 22.2 Å². The van der Waals surface area contributed by atoms with Crippen molar-refractivity contribution in [1.82, 2.24) is 5.32 Å². The van der Waals surface area contributed by atoms with E-state index in [0.717, 1.165) is 23.4 Å². The summed E-state index contributed by atoms with van der Waals surface area (Å²) in [4.78, 5) is 11.0. The molecule has 1 rings (SSSR count). The molecule has 0 aliphatic carbocycles. The van der Waals surface area contributed by atoms with Crippen LogP contribution in [-0.4, -0.2) is 26.7 Å². The van der Waals surface area contributed by atoms with Crippen molar-refractivity contribution in [3.63, 3.8) is 0 Å². The Morgan fingerprint density at radius 2 is 1.88 bits per heavy atom. The summed E-state index contributed by atoms with van der Waals surface area (Å²) in [5.41, 5.74) is 3.26. The Kier molecular flexibility index (Phi) is 4.97. The Morgan fingerprint density at radius 1 is 1.29 bits per heavy atom. The normalized spacial score (nSPS) is 10.1. The van der Waals surface area contributed by atoms with Gasteiger partial charge in [-0.05, 0) is 37.6 Å². The minimum atomic E-state index is -0.372. The highest BCUT2D eigenvalue weighted by atomic mass is 16.6. The van der Waals surface area contributed by atoms with Crippen molar-refractivity contribution in [3.8, 4) is 5.75 Å². The number of carbonyl (C=O) groups excluding carboxylic acids is 1. The lowest BCUT2D eigenvalue weighted by Gasteiger charge is -2.13. The van der Waals surface area contributed by atoms with Crippen LogP contribution in [0.2, 0.25) is 0 Å². The number of rotatable bonds is 5. The minimum Gasteiger partial charge on any atom is -0.481 e. The molecule has 4 nitrogen and oxygen atoms in total. The molecule has 0 spiro atoms. The summed E-state index contributed by atoms with van der Waals surface area (Å²) in [6, 6.07) is 4.10. The van der Waals surface area contributed by atoms with Crippen molar-refractivity contribution < 1.29 is 14.3 Å². The third-order valence-corrected chi connectivity index (χ3v) is 2.46. The van der Waals surface area contributed by atoms with Crippen molar-refractivity contribution in [1.29, 1.82) is 0 Å². The molecule has 0 saturated carbocycles. The van der Waals surface area contributed by atoms with Gasteiger partial charge >= 0.3 is 5.97 Å². The molecule has 1 N–H and O–H groups in total. The Hall–Kier alpha value is -1.55. The van der Waals surface area contributed by atoms with Crippen molar-refractivity contribution in [3.05, 3.63) is 28.8 Å². The fraction of sp³-hybridized carbons (Fsp3) is 0.462. The Morgan fingerprint density at radius 3 is 2.35 bits per heavy atom. The Balaban J connectivity index is 2.82. The number of benzene rings is 1. The highest BCUT2D eigenvalue weighted by Gasteiger charge is 2.08. The number of ether oxygens (including phenoxy) is 2. The molecular weight excluding hydrogens is 218 g/mol. The molecule has 0 fully saturated rings. The molecule has 0 aliphatic rings. The molecule has 0 bridgehead atoms. The van der Waals surface area contributed by atoms with Crippen LogP contribution in [0.5, 0.6) is 5.75 Å². The topological polar surface area (TPSA) is 47.6 Å². The van der Waals surface area contributed by atoms with E-state index in [1.165, 1.54) is 12.7 Å². The van der Waals surface area contributed by atoms with Gasteiger partial charge in [-0.3, -0.25) is 0 Å².